The summed E-state index contributed by atoms with van der Waals surface area (Å²) < 4.78 is 10.0. The molecule has 0 aliphatic rings. The van der Waals surface area contributed by atoms with Gasteiger partial charge in [0.05, 0.1) is 44.1 Å². The zero-order chi connectivity index (χ0) is 62.0. The molecule has 12 rings (SSSR count). The van der Waals surface area contributed by atoms with Crippen molar-refractivity contribution in [3.8, 4) is 22.3 Å². The van der Waals surface area contributed by atoms with Gasteiger partial charge in [-0.3, -0.25) is 0 Å². The van der Waals surface area contributed by atoms with Crippen molar-refractivity contribution in [2.75, 3.05) is 0 Å². The molecular formula is C80H96N4. The minimum atomic E-state index is 1.38. The Morgan fingerprint density at radius 3 is 0.631 bits per heavy atom. The largest absolute Gasteiger partial charge is 0.343 e. The van der Waals surface area contributed by atoms with Gasteiger partial charge in [0.2, 0.25) is 0 Å². The van der Waals surface area contributed by atoms with Gasteiger partial charge in [0.15, 0.2) is 0 Å². The van der Waals surface area contributed by atoms with Crippen molar-refractivity contribution < 1.29 is 0 Å². The zero-order valence-electron chi connectivity index (χ0n) is 57.8. The molecule has 436 valence electrons. The molecule has 0 fully saturated rings. The molecule has 0 atom stereocenters. The highest BCUT2D eigenvalue weighted by atomic mass is 15.0. The number of aromatic nitrogens is 4. The number of aryl methyl sites for hydroxylation is 18. The Kier molecular flexibility index (Phi) is 13.4. The lowest BCUT2D eigenvalue weighted by Crippen LogP contribution is -2.03. The van der Waals surface area contributed by atoms with Crippen LogP contribution in [0.5, 0.6) is 0 Å². The topological polar surface area (TPSA) is 19.7 Å². The highest BCUT2D eigenvalue weighted by molar-refractivity contribution is 6.23. The fourth-order valence-corrected chi connectivity index (χ4v) is 17.2. The Bertz CT molecular complexity index is 5090. The smallest absolute Gasteiger partial charge is 0.0574 e. The van der Waals surface area contributed by atoms with Crippen LogP contribution in [0.15, 0.2) is 0 Å². The van der Waals surface area contributed by atoms with E-state index in [-0.39, 0.29) is 0 Å². The SMILES string of the molecule is Cc1c(C)c(C)c2c(c1C)c1c(C)c(-c3c(C)c(C)c(C)c4c5c(C)c(C)c(C)c(C)c5n(C)c34)c(C)c(C)c1n2C.Cc1c(C)c(C)c2c(c1C)c1c(C)c(C)c(-c3c(C)c(C)c(C)c4c3c3c(C)c(C)c(C)c(C)c3n4C)c(C)c1n2C. The second-order valence-electron chi connectivity index (χ2n) is 27.0. The van der Waals surface area contributed by atoms with Crippen LogP contribution < -0.4 is 0 Å². The highest BCUT2D eigenvalue weighted by Gasteiger charge is 2.32. The molecule has 0 radical (unpaired) electrons. The van der Waals surface area contributed by atoms with Crippen LogP contribution in [0.25, 0.3) is 109 Å². The summed E-state index contributed by atoms with van der Waals surface area (Å²) in [5.41, 5.74) is 56.2. The van der Waals surface area contributed by atoms with E-state index >= 15 is 0 Å². The maximum Gasteiger partial charge on any atom is 0.0574 e. The maximum absolute atomic E-state index is 2.53. The summed E-state index contributed by atoms with van der Waals surface area (Å²) in [6.07, 6.45) is 0. The Hall–Kier alpha value is -7.04. The summed E-state index contributed by atoms with van der Waals surface area (Å²) in [5.74, 6) is 0. The van der Waals surface area contributed by atoms with E-state index < -0.39 is 0 Å². The van der Waals surface area contributed by atoms with Crippen molar-refractivity contribution in [3.63, 3.8) is 0 Å². The van der Waals surface area contributed by atoms with Crippen molar-refractivity contribution in [3.05, 3.63) is 156 Å². The van der Waals surface area contributed by atoms with Crippen molar-refractivity contribution in [1.29, 1.82) is 0 Å². The number of hydrogen-bond donors (Lipinski definition) is 0. The zero-order valence-corrected chi connectivity index (χ0v) is 57.8. The molecule has 4 nitrogen and oxygen atoms in total. The van der Waals surface area contributed by atoms with E-state index in [2.05, 4.69) is 240 Å². The monoisotopic (exact) mass is 1110 g/mol. The molecule has 0 aliphatic heterocycles. The van der Waals surface area contributed by atoms with E-state index in [0.29, 0.717) is 0 Å². The molecule has 0 saturated carbocycles. The molecule has 84 heavy (non-hydrogen) atoms. The van der Waals surface area contributed by atoms with Crippen LogP contribution in [0.4, 0.5) is 0 Å². The van der Waals surface area contributed by atoms with Crippen LogP contribution in [0.1, 0.15) is 156 Å². The highest BCUT2D eigenvalue weighted by Crippen LogP contribution is 2.53. The Morgan fingerprint density at radius 1 is 0.119 bits per heavy atom. The van der Waals surface area contributed by atoms with Crippen molar-refractivity contribution in [1.82, 2.24) is 18.3 Å². The van der Waals surface area contributed by atoms with Gasteiger partial charge in [0, 0.05) is 76.8 Å². The minimum Gasteiger partial charge on any atom is -0.343 e. The lowest BCUT2D eigenvalue weighted by atomic mass is 9.82. The number of hydrogen-bond acceptors (Lipinski definition) is 0. The van der Waals surface area contributed by atoms with Gasteiger partial charge < -0.3 is 18.3 Å². The van der Waals surface area contributed by atoms with Crippen molar-refractivity contribution >= 4 is 87.2 Å². The molecule has 4 heteroatoms. The molecule has 12 aromatic rings. The Labute approximate surface area is 502 Å². The van der Waals surface area contributed by atoms with E-state index in [0.717, 1.165) is 0 Å². The molecule has 0 amide bonds. The Balaban J connectivity index is 0.000000175. The summed E-state index contributed by atoms with van der Waals surface area (Å²) >= 11 is 0. The van der Waals surface area contributed by atoms with Gasteiger partial charge in [0.25, 0.3) is 0 Å². The van der Waals surface area contributed by atoms with E-state index in [1.54, 1.807) is 0 Å². The van der Waals surface area contributed by atoms with Gasteiger partial charge in [0.1, 0.15) is 0 Å². The first-order valence-electron chi connectivity index (χ1n) is 31.1. The van der Waals surface area contributed by atoms with Crippen LogP contribution in [0.3, 0.4) is 0 Å². The molecule has 0 spiro atoms. The first-order chi connectivity index (χ1) is 39.1. The first kappa shape index (κ1) is 58.7. The average molecular weight is 1110 g/mol. The van der Waals surface area contributed by atoms with Crippen molar-refractivity contribution in [2.24, 2.45) is 28.2 Å². The fraction of sp³-hybridized carbons (Fsp3) is 0.400. The molecule has 0 saturated heterocycles. The van der Waals surface area contributed by atoms with Crippen LogP contribution in [-0.4, -0.2) is 18.3 Å². The third-order valence-corrected chi connectivity index (χ3v) is 24.1. The van der Waals surface area contributed by atoms with E-state index in [9.17, 15) is 0 Å². The summed E-state index contributed by atoms with van der Waals surface area (Å²) in [6.45, 7) is 65.2. The van der Waals surface area contributed by atoms with Crippen molar-refractivity contribution in [2.45, 2.75) is 194 Å². The van der Waals surface area contributed by atoms with E-state index in [1.165, 1.54) is 265 Å². The summed E-state index contributed by atoms with van der Waals surface area (Å²) in [6, 6.07) is 0. The molecule has 0 aliphatic carbocycles. The second-order valence-corrected chi connectivity index (χ2v) is 27.0. The molecule has 4 aromatic heterocycles. The van der Waals surface area contributed by atoms with Crippen LogP contribution >= 0.6 is 0 Å². The number of benzene rings is 8. The van der Waals surface area contributed by atoms with Crippen LogP contribution in [-0.2, 0) is 28.2 Å². The molecule has 4 heterocycles. The number of nitrogens with zero attached hydrogens (tertiary/aromatic N) is 4. The lowest BCUT2D eigenvalue weighted by molar-refractivity contribution is 0.994. The second kappa shape index (κ2) is 19.2. The third kappa shape index (κ3) is 7.06. The van der Waals surface area contributed by atoms with E-state index in [4.69, 9.17) is 0 Å². The quantitative estimate of drug-likeness (QED) is 0.164. The molecular weight excluding hydrogens is 1020 g/mol. The van der Waals surface area contributed by atoms with Gasteiger partial charge in [-0.2, -0.15) is 0 Å². The summed E-state index contributed by atoms with van der Waals surface area (Å²) in [7, 11) is 9.15. The van der Waals surface area contributed by atoms with Gasteiger partial charge in [-0.25, -0.2) is 0 Å². The fourth-order valence-electron chi connectivity index (χ4n) is 17.2. The predicted octanol–water partition coefficient (Wildman–Crippen LogP) is 21.9. The average Bonchev–Trinajstić information content (AvgIpc) is 1.65. The maximum atomic E-state index is 2.53. The van der Waals surface area contributed by atoms with Gasteiger partial charge >= 0.3 is 0 Å². The number of rotatable bonds is 2. The van der Waals surface area contributed by atoms with Gasteiger partial charge in [-0.1, -0.05) is 0 Å². The summed E-state index contributed by atoms with van der Waals surface area (Å²) in [4.78, 5) is 0. The molecule has 0 bridgehead atoms. The van der Waals surface area contributed by atoms with Crippen LogP contribution in [0.2, 0.25) is 0 Å². The lowest BCUT2D eigenvalue weighted by Gasteiger charge is -2.22. The summed E-state index contributed by atoms with van der Waals surface area (Å²) in [5, 5.41) is 11.5. The van der Waals surface area contributed by atoms with Crippen LogP contribution in [0, 0.1) is 194 Å². The van der Waals surface area contributed by atoms with E-state index in [1.807, 2.05) is 0 Å². The molecule has 8 aromatic carbocycles. The normalized spacial score (nSPS) is 12.3. The number of fused-ring (bicyclic) bond motifs is 12. The molecule has 0 N–H and O–H groups in total. The molecule has 0 unspecified atom stereocenters. The Morgan fingerprint density at radius 2 is 0.286 bits per heavy atom. The first-order valence-corrected chi connectivity index (χ1v) is 31.1. The van der Waals surface area contributed by atoms with Gasteiger partial charge in [-0.15, -0.1) is 0 Å². The predicted molar refractivity (Wildman–Crippen MR) is 372 cm³/mol. The van der Waals surface area contributed by atoms with Gasteiger partial charge in [-0.05, 0) is 366 Å². The standard InChI is InChI=1S/2C40H48N2/c1-17-20(4)28(12)38-33(22(17)6)35-25(9)21(5)24(8)32(40(35)42(38)16)31-26(10)29(13)39-36(30(31)14)34-23(7)18(2)19(3)27(11)37(34)41(39)15;1-17-19(3)27(11)37-33(23(17)7)34-26(10)25(9)31(30(14)40(34)42(37)16)32-22(6)21(5)29(13)39-36(32)35-24(8)18(2)20(4)28(12)38(35)41(39)15/h2*1-16H3. The third-order valence-electron chi connectivity index (χ3n) is 24.1. The minimum absolute atomic E-state index is 1.38.